The first-order valence-corrected chi connectivity index (χ1v) is 7.73. The number of nitrogens with zero attached hydrogens (tertiary/aromatic N) is 2. The Kier molecular flexibility index (Phi) is 4.85. The van der Waals surface area contributed by atoms with E-state index >= 15 is 0 Å². The van der Waals surface area contributed by atoms with Gasteiger partial charge in [-0.15, -0.1) is 0 Å². The molecule has 0 saturated carbocycles. The molecule has 0 saturated heterocycles. The topological polar surface area (TPSA) is 100 Å². The second-order valence-corrected chi connectivity index (χ2v) is 5.37. The Balaban J connectivity index is 0.000000278. The highest BCUT2D eigenvalue weighted by molar-refractivity contribution is 6.05. The SMILES string of the molecule is O=C(O)c1ccc2ccc3ccc(C(=O)O)nc3c2n1.c1ccccc1. The van der Waals surface area contributed by atoms with Crippen LogP contribution in [-0.4, -0.2) is 32.1 Å². The first-order valence-electron chi connectivity index (χ1n) is 7.73. The third-order valence-electron chi connectivity index (χ3n) is 3.62. The Labute approximate surface area is 148 Å². The molecule has 0 aliphatic rings. The third kappa shape index (κ3) is 3.64. The van der Waals surface area contributed by atoms with Gasteiger partial charge in [-0.2, -0.15) is 0 Å². The van der Waals surface area contributed by atoms with E-state index in [9.17, 15) is 9.59 Å². The van der Waals surface area contributed by atoms with Gasteiger partial charge < -0.3 is 10.2 Å². The van der Waals surface area contributed by atoms with E-state index in [-0.39, 0.29) is 11.4 Å². The molecule has 2 heterocycles. The van der Waals surface area contributed by atoms with Crippen LogP contribution in [0.1, 0.15) is 21.0 Å². The number of carboxylic acid groups (broad SMARTS) is 2. The van der Waals surface area contributed by atoms with Crippen molar-refractivity contribution in [2.24, 2.45) is 0 Å². The van der Waals surface area contributed by atoms with Crippen molar-refractivity contribution < 1.29 is 19.8 Å². The zero-order chi connectivity index (χ0) is 18.5. The molecule has 26 heavy (non-hydrogen) atoms. The number of pyridine rings is 2. The molecule has 2 aromatic heterocycles. The van der Waals surface area contributed by atoms with E-state index in [4.69, 9.17) is 10.2 Å². The summed E-state index contributed by atoms with van der Waals surface area (Å²) in [6, 6.07) is 21.6. The van der Waals surface area contributed by atoms with Crippen LogP contribution >= 0.6 is 0 Å². The average molecular weight is 346 g/mol. The lowest BCUT2D eigenvalue weighted by atomic mass is 10.1. The van der Waals surface area contributed by atoms with Crippen LogP contribution in [0, 0.1) is 0 Å². The minimum absolute atomic E-state index is 0.104. The maximum atomic E-state index is 11.0. The smallest absolute Gasteiger partial charge is 0.354 e. The second kappa shape index (κ2) is 7.40. The summed E-state index contributed by atoms with van der Waals surface area (Å²) < 4.78 is 0. The van der Waals surface area contributed by atoms with Gasteiger partial charge in [-0.3, -0.25) is 0 Å². The number of carbonyl (C=O) groups is 2. The summed E-state index contributed by atoms with van der Waals surface area (Å²) in [5, 5.41) is 19.4. The van der Waals surface area contributed by atoms with Crippen molar-refractivity contribution >= 4 is 33.7 Å². The van der Waals surface area contributed by atoms with Gasteiger partial charge in [0.15, 0.2) is 0 Å². The molecular formula is C20H14N2O4. The Morgan fingerprint density at radius 3 is 1.19 bits per heavy atom. The number of hydrogen-bond acceptors (Lipinski definition) is 4. The molecule has 4 aromatic rings. The molecule has 0 aliphatic heterocycles. The van der Waals surface area contributed by atoms with Crippen molar-refractivity contribution in [1.29, 1.82) is 0 Å². The van der Waals surface area contributed by atoms with Gasteiger partial charge in [0.05, 0.1) is 11.0 Å². The minimum atomic E-state index is -1.14. The van der Waals surface area contributed by atoms with Crippen molar-refractivity contribution in [2.45, 2.75) is 0 Å². The van der Waals surface area contributed by atoms with Crippen molar-refractivity contribution in [3.63, 3.8) is 0 Å². The van der Waals surface area contributed by atoms with Gasteiger partial charge in [0.2, 0.25) is 0 Å². The van der Waals surface area contributed by atoms with Crippen LogP contribution < -0.4 is 0 Å². The van der Waals surface area contributed by atoms with E-state index in [1.807, 2.05) is 36.4 Å². The lowest BCUT2D eigenvalue weighted by molar-refractivity contribution is 0.0680. The number of carboxylic acids is 2. The summed E-state index contributed by atoms with van der Waals surface area (Å²) in [4.78, 5) is 30.1. The largest absolute Gasteiger partial charge is 0.477 e. The van der Waals surface area contributed by atoms with E-state index in [1.54, 1.807) is 24.3 Å². The minimum Gasteiger partial charge on any atom is -0.477 e. The molecular weight excluding hydrogens is 332 g/mol. The fourth-order valence-electron chi connectivity index (χ4n) is 2.39. The number of aromatic carboxylic acids is 2. The summed E-state index contributed by atoms with van der Waals surface area (Å²) in [6.45, 7) is 0. The van der Waals surface area contributed by atoms with Crippen LogP contribution in [0.3, 0.4) is 0 Å². The zero-order valence-electron chi connectivity index (χ0n) is 13.5. The Morgan fingerprint density at radius 2 is 0.885 bits per heavy atom. The Hall–Kier alpha value is -3.80. The molecule has 6 heteroatoms. The molecule has 2 aromatic carbocycles. The number of aromatic nitrogens is 2. The highest BCUT2D eigenvalue weighted by Crippen LogP contribution is 2.23. The van der Waals surface area contributed by atoms with E-state index in [0.717, 1.165) is 0 Å². The standard InChI is InChI=1S/C14H8N2O4.C6H6/c17-13(18)9-5-3-7-1-2-8-4-6-10(14(19)20)16-12(8)11(7)15-9;1-2-4-6-5-3-1/h1-6H,(H,17,18)(H,19,20);1-6H. The zero-order valence-corrected chi connectivity index (χ0v) is 13.5. The van der Waals surface area contributed by atoms with Gasteiger partial charge in [0, 0.05) is 10.8 Å². The second-order valence-electron chi connectivity index (χ2n) is 5.37. The summed E-state index contributed by atoms with van der Waals surface area (Å²) in [7, 11) is 0. The van der Waals surface area contributed by atoms with E-state index in [0.29, 0.717) is 21.8 Å². The lowest BCUT2D eigenvalue weighted by Crippen LogP contribution is -2.02. The Bertz CT molecular complexity index is 995. The molecule has 0 atom stereocenters. The molecule has 0 radical (unpaired) electrons. The predicted octanol–water partition coefficient (Wildman–Crippen LogP) is 3.87. The van der Waals surface area contributed by atoms with E-state index in [1.165, 1.54) is 12.1 Å². The van der Waals surface area contributed by atoms with Crippen LogP contribution in [0.5, 0.6) is 0 Å². The normalized spacial score (nSPS) is 10.2. The maximum absolute atomic E-state index is 11.0. The fourth-order valence-corrected chi connectivity index (χ4v) is 2.39. The quantitative estimate of drug-likeness (QED) is 0.535. The van der Waals surface area contributed by atoms with Crippen LogP contribution in [0.15, 0.2) is 72.8 Å². The van der Waals surface area contributed by atoms with Gasteiger partial charge >= 0.3 is 11.9 Å². The number of hydrogen-bond donors (Lipinski definition) is 2. The lowest BCUT2D eigenvalue weighted by Gasteiger charge is -2.04. The molecule has 0 bridgehead atoms. The maximum Gasteiger partial charge on any atom is 0.354 e. The van der Waals surface area contributed by atoms with Crippen molar-refractivity contribution in [2.75, 3.05) is 0 Å². The molecule has 4 rings (SSSR count). The van der Waals surface area contributed by atoms with Crippen LogP contribution in [-0.2, 0) is 0 Å². The first kappa shape index (κ1) is 17.0. The number of rotatable bonds is 2. The molecule has 0 unspecified atom stereocenters. The molecule has 6 nitrogen and oxygen atoms in total. The van der Waals surface area contributed by atoms with Gasteiger partial charge in [-0.25, -0.2) is 19.6 Å². The van der Waals surface area contributed by atoms with Crippen LogP contribution in [0.4, 0.5) is 0 Å². The molecule has 0 aliphatic carbocycles. The molecule has 0 amide bonds. The summed E-state index contributed by atoms with van der Waals surface area (Å²) >= 11 is 0. The third-order valence-corrected chi connectivity index (χ3v) is 3.62. The Morgan fingerprint density at radius 1 is 0.577 bits per heavy atom. The molecule has 2 N–H and O–H groups in total. The highest BCUT2D eigenvalue weighted by Gasteiger charge is 2.11. The summed E-state index contributed by atoms with van der Waals surface area (Å²) in [5.41, 5.74) is 0.552. The highest BCUT2D eigenvalue weighted by atomic mass is 16.4. The van der Waals surface area contributed by atoms with Crippen molar-refractivity contribution in [3.8, 4) is 0 Å². The predicted molar refractivity (Wildman–Crippen MR) is 97.4 cm³/mol. The van der Waals surface area contributed by atoms with Crippen LogP contribution in [0.2, 0.25) is 0 Å². The first-order chi connectivity index (χ1) is 12.6. The van der Waals surface area contributed by atoms with Gasteiger partial charge in [-0.1, -0.05) is 60.7 Å². The van der Waals surface area contributed by atoms with E-state index < -0.39 is 11.9 Å². The molecule has 0 fully saturated rings. The van der Waals surface area contributed by atoms with Crippen LogP contribution in [0.25, 0.3) is 21.8 Å². The fraction of sp³-hybridized carbons (Fsp3) is 0. The van der Waals surface area contributed by atoms with Crippen molar-refractivity contribution in [3.05, 3.63) is 84.2 Å². The number of fused-ring (bicyclic) bond motifs is 3. The average Bonchev–Trinajstić information content (AvgIpc) is 2.68. The summed E-state index contributed by atoms with van der Waals surface area (Å²) in [6.07, 6.45) is 0. The molecule has 0 spiro atoms. The monoisotopic (exact) mass is 346 g/mol. The van der Waals surface area contributed by atoms with Gasteiger partial charge in [0.25, 0.3) is 0 Å². The molecule has 128 valence electrons. The van der Waals surface area contributed by atoms with Crippen molar-refractivity contribution in [1.82, 2.24) is 9.97 Å². The van der Waals surface area contributed by atoms with Gasteiger partial charge in [0.1, 0.15) is 11.4 Å². The van der Waals surface area contributed by atoms with E-state index in [2.05, 4.69) is 9.97 Å². The number of benzene rings is 2. The summed E-state index contributed by atoms with van der Waals surface area (Å²) in [5.74, 6) is -2.28. The van der Waals surface area contributed by atoms with Gasteiger partial charge in [-0.05, 0) is 12.1 Å².